The minimum absolute atomic E-state index is 0.0275. The van der Waals surface area contributed by atoms with Gasteiger partial charge >= 0.3 is 0 Å². The number of thioether (sulfide) groups is 1. The van der Waals surface area contributed by atoms with Gasteiger partial charge in [-0.15, -0.1) is 0 Å². The average molecular weight is 453 g/mol. The summed E-state index contributed by atoms with van der Waals surface area (Å²) in [6.45, 7) is -0.954. The van der Waals surface area contributed by atoms with E-state index in [0.717, 1.165) is 6.07 Å². The molecule has 1 fully saturated rings. The lowest BCUT2D eigenvalue weighted by Gasteiger charge is -2.35. The van der Waals surface area contributed by atoms with Crippen molar-refractivity contribution in [2.24, 2.45) is 16.6 Å². The Bertz CT molecular complexity index is 1040. The van der Waals surface area contributed by atoms with Gasteiger partial charge in [0.2, 0.25) is 5.88 Å². The van der Waals surface area contributed by atoms with Gasteiger partial charge < -0.3 is 20.5 Å². The van der Waals surface area contributed by atoms with Crippen LogP contribution in [0.2, 0.25) is 0 Å². The fourth-order valence-electron chi connectivity index (χ4n) is 3.73. The first-order valence-electron chi connectivity index (χ1n) is 9.20. The third-order valence-electron chi connectivity index (χ3n) is 5.27. The maximum absolute atomic E-state index is 14.9. The summed E-state index contributed by atoms with van der Waals surface area (Å²) in [7, 11) is 1.40. The quantitative estimate of drug-likeness (QED) is 0.714. The summed E-state index contributed by atoms with van der Waals surface area (Å²) in [6.07, 6.45) is 1.61. The third-order valence-corrected chi connectivity index (χ3v) is 6.19. The van der Waals surface area contributed by atoms with Crippen LogP contribution in [0.15, 0.2) is 29.5 Å². The monoisotopic (exact) mass is 453 g/mol. The molecule has 1 aromatic heterocycles. The number of nitrogens with two attached hydrogens (primary N) is 1. The molecule has 3 heterocycles. The van der Waals surface area contributed by atoms with Crippen molar-refractivity contribution in [3.05, 3.63) is 47.4 Å². The van der Waals surface area contributed by atoms with Crippen LogP contribution in [0.3, 0.4) is 0 Å². The maximum Gasteiger partial charge on any atom is 0.275 e. The number of anilines is 1. The molecule has 2 aromatic rings. The molecule has 1 saturated heterocycles. The summed E-state index contributed by atoms with van der Waals surface area (Å²) in [4.78, 5) is 24.6. The second-order valence-corrected chi connectivity index (χ2v) is 8.05. The molecule has 164 valence electrons. The largest absolute Gasteiger partial charge is 0.480 e. The lowest BCUT2D eigenvalue weighted by molar-refractivity contribution is 0.0721. The Labute approximate surface area is 179 Å². The number of rotatable bonds is 5. The average Bonchev–Trinajstić information content (AvgIpc) is 3.14. The zero-order valence-electron chi connectivity index (χ0n) is 16.3. The van der Waals surface area contributed by atoms with E-state index < -0.39 is 41.8 Å². The standard InChI is InChI=1S/C19H18F3N5O3S/c1-29-15-6-24-13(5-25-15)17(28)26-9-2-10(16(22)12(21)3-9)19-8-30-14(4-20)11(19)7-31-18(23)27-19/h2-3,5-6,11,14H,4,7-8H2,1H3,(H2,23,27)(H,26,28). The molecule has 8 nitrogen and oxygen atoms in total. The Morgan fingerprint density at radius 2 is 2.19 bits per heavy atom. The van der Waals surface area contributed by atoms with E-state index >= 15 is 0 Å². The number of aromatic nitrogens is 2. The Kier molecular flexibility index (Phi) is 5.75. The van der Waals surface area contributed by atoms with Crippen LogP contribution in [0.25, 0.3) is 0 Å². The molecule has 0 saturated carbocycles. The summed E-state index contributed by atoms with van der Waals surface area (Å²) in [5, 5.41) is 2.64. The Balaban J connectivity index is 1.71. The number of carbonyl (C=O) groups excluding carboxylic acids is 1. The number of methoxy groups -OCH3 is 1. The summed E-state index contributed by atoms with van der Waals surface area (Å²) >= 11 is 1.20. The number of amides is 1. The van der Waals surface area contributed by atoms with Crippen molar-refractivity contribution in [3.8, 4) is 5.88 Å². The Morgan fingerprint density at radius 3 is 2.87 bits per heavy atom. The molecule has 3 N–H and O–H groups in total. The summed E-state index contributed by atoms with van der Waals surface area (Å²) in [5.41, 5.74) is 4.23. The van der Waals surface area contributed by atoms with Gasteiger partial charge in [0, 0.05) is 29.0 Å². The van der Waals surface area contributed by atoms with Crippen LogP contribution in [-0.4, -0.2) is 53.3 Å². The van der Waals surface area contributed by atoms with Crippen LogP contribution >= 0.6 is 11.8 Å². The first-order valence-corrected chi connectivity index (χ1v) is 10.2. The van der Waals surface area contributed by atoms with E-state index in [2.05, 4.69) is 20.3 Å². The highest BCUT2D eigenvalue weighted by atomic mass is 32.2. The highest BCUT2D eigenvalue weighted by Gasteiger charge is 2.54. The maximum atomic E-state index is 14.9. The highest BCUT2D eigenvalue weighted by Crippen LogP contribution is 2.49. The highest BCUT2D eigenvalue weighted by molar-refractivity contribution is 8.13. The first-order chi connectivity index (χ1) is 14.9. The number of carbonyl (C=O) groups is 1. The molecule has 0 spiro atoms. The number of alkyl halides is 1. The van der Waals surface area contributed by atoms with Crippen LogP contribution < -0.4 is 15.8 Å². The zero-order valence-corrected chi connectivity index (χ0v) is 17.1. The minimum Gasteiger partial charge on any atom is -0.480 e. The van der Waals surface area contributed by atoms with Crippen molar-refractivity contribution in [2.75, 3.05) is 31.5 Å². The normalized spacial score (nSPS) is 25.0. The molecule has 12 heteroatoms. The molecular weight excluding hydrogens is 435 g/mol. The molecule has 0 bridgehead atoms. The van der Waals surface area contributed by atoms with Crippen LogP contribution in [0.5, 0.6) is 5.88 Å². The molecule has 2 aliphatic rings. The van der Waals surface area contributed by atoms with Gasteiger partial charge in [0.1, 0.15) is 17.9 Å². The van der Waals surface area contributed by atoms with Crippen LogP contribution in [0.4, 0.5) is 18.9 Å². The topological polar surface area (TPSA) is 112 Å². The number of amidine groups is 1. The summed E-state index contributed by atoms with van der Waals surface area (Å²) < 4.78 is 53.3. The number of benzene rings is 1. The summed E-state index contributed by atoms with van der Waals surface area (Å²) in [5.74, 6) is -3.04. The Hall–Kier alpha value is -2.86. The number of nitrogens with zero attached hydrogens (tertiary/aromatic N) is 3. The number of halogens is 3. The number of hydrogen-bond donors (Lipinski definition) is 2. The minimum atomic E-state index is -1.39. The predicted molar refractivity (Wildman–Crippen MR) is 108 cm³/mol. The van der Waals surface area contributed by atoms with Crippen molar-refractivity contribution in [2.45, 2.75) is 11.6 Å². The smallest absolute Gasteiger partial charge is 0.275 e. The second-order valence-electron chi connectivity index (χ2n) is 7.01. The van der Waals surface area contributed by atoms with Gasteiger partial charge in [-0.05, 0) is 6.07 Å². The van der Waals surface area contributed by atoms with Crippen molar-refractivity contribution in [1.82, 2.24) is 9.97 Å². The van der Waals surface area contributed by atoms with E-state index in [1.54, 1.807) is 0 Å². The van der Waals surface area contributed by atoms with Gasteiger partial charge in [0.15, 0.2) is 16.8 Å². The van der Waals surface area contributed by atoms with Gasteiger partial charge in [0.05, 0.1) is 32.2 Å². The molecule has 31 heavy (non-hydrogen) atoms. The van der Waals surface area contributed by atoms with Gasteiger partial charge in [-0.1, -0.05) is 11.8 Å². The van der Waals surface area contributed by atoms with E-state index in [-0.39, 0.29) is 34.6 Å². The molecule has 2 aliphatic heterocycles. The van der Waals surface area contributed by atoms with E-state index in [4.69, 9.17) is 15.2 Å². The molecule has 1 amide bonds. The van der Waals surface area contributed by atoms with Gasteiger partial charge in [-0.3, -0.25) is 4.79 Å². The summed E-state index contributed by atoms with van der Waals surface area (Å²) in [6, 6.07) is 2.10. The lowest BCUT2D eigenvalue weighted by atomic mass is 9.78. The van der Waals surface area contributed by atoms with Crippen molar-refractivity contribution >= 4 is 28.5 Å². The van der Waals surface area contributed by atoms with E-state index in [1.807, 2.05) is 0 Å². The number of hydrogen-bond acceptors (Lipinski definition) is 8. The van der Waals surface area contributed by atoms with E-state index in [1.165, 1.54) is 37.3 Å². The van der Waals surface area contributed by atoms with Crippen molar-refractivity contribution in [3.63, 3.8) is 0 Å². The molecule has 0 radical (unpaired) electrons. The number of ether oxygens (including phenoxy) is 2. The first kappa shape index (κ1) is 21.4. The fourth-order valence-corrected chi connectivity index (χ4v) is 4.80. The van der Waals surface area contributed by atoms with Crippen LogP contribution in [-0.2, 0) is 10.3 Å². The number of aliphatic imine (C=N–C) groups is 1. The van der Waals surface area contributed by atoms with E-state index in [9.17, 15) is 18.0 Å². The molecule has 3 unspecified atom stereocenters. The molecule has 1 aromatic carbocycles. The van der Waals surface area contributed by atoms with Crippen LogP contribution in [0.1, 0.15) is 16.1 Å². The van der Waals surface area contributed by atoms with Gasteiger partial charge in [0.25, 0.3) is 5.91 Å². The predicted octanol–water partition coefficient (Wildman–Crippen LogP) is 2.26. The van der Waals surface area contributed by atoms with Crippen molar-refractivity contribution < 1.29 is 27.4 Å². The SMILES string of the molecule is COc1cnc(C(=O)Nc2cc(F)c(F)c(C34COC(CF)C3CSC(N)=N4)c2)cn1. The fraction of sp³-hybridized carbons (Fsp3) is 0.368. The van der Waals surface area contributed by atoms with E-state index in [0.29, 0.717) is 5.75 Å². The third kappa shape index (κ3) is 3.81. The van der Waals surface area contributed by atoms with Crippen molar-refractivity contribution in [1.29, 1.82) is 0 Å². The zero-order chi connectivity index (χ0) is 22.2. The molecule has 0 aliphatic carbocycles. The molecular formula is C19H18F3N5O3S. The van der Waals surface area contributed by atoms with Crippen LogP contribution in [0, 0.1) is 17.6 Å². The van der Waals surface area contributed by atoms with Gasteiger partial charge in [-0.25, -0.2) is 28.1 Å². The number of nitrogens with one attached hydrogen (secondary N) is 1. The number of fused-ring (bicyclic) bond motifs is 1. The van der Waals surface area contributed by atoms with Gasteiger partial charge in [-0.2, -0.15) is 0 Å². The second kappa shape index (κ2) is 8.35. The molecule has 4 rings (SSSR count). The molecule has 3 atom stereocenters. The lowest BCUT2D eigenvalue weighted by Crippen LogP contribution is -2.43. The Morgan fingerprint density at radius 1 is 1.39 bits per heavy atom.